The minimum absolute atomic E-state index is 0.0571. The highest BCUT2D eigenvalue weighted by molar-refractivity contribution is 7.14. The topological polar surface area (TPSA) is 89.8 Å². The van der Waals surface area contributed by atoms with Gasteiger partial charge in [0, 0.05) is 19.2 Å². The highest BCUT2D eigenvalue weighted by atomic mass is 32.1. The van der Waals surface area contributed by atoms with Gasteiger partial charge >= 0.3 is 5.97 Å². The summed E-state index contributed by atoms with van der Waals surface area (Å²) in [6.45, 7) is 2.09. The van der Waals surface area contributed by atoms with E-state index >= 15 is 0 Å². The number of nitrogens with zero attached hydrogens (tertiary/aromatic N) is 2. The number of carbonyl (C=O) groups excluding carboxylic acids is 2. The fourth-order valence-electron chi connectivity index (χ4n) is 2.30. The fraction of sp³-hybridized carbons (Fsp3) is 0.294. The molecule has 0 saturated carbocycles. The van der Waals surface area contributed by atoms with Crippen molar-refractivity contribution in [3.63, 3.8) is 0 Å². The highest BCUT2D eigenvalue weighted by Gasteiger charge is 2.24. The zero-order chi connectivity index (χ0) is 18.4. The van der Waals surface area contributed by atoms with Crippen molar-refractivity contribution >= 4 is 28.9 Å². The van der Waals surface area contributed by atoms with E-state index in [2.05, 4.69) is 4.74 Å². The number of carbonyl (C=O) groups is 2. The molecule has 0 aliphatic heterocycles. The number of aryl methyl sites for hydroxylation is 1. The van der Waals surface area contributed by atoms with Gasteiger partial charge in [-0.1, -0.05) is 30.3 Å². The molecule has 0 saturated heterocycles. The third-order valence-electron chi connectivity index (χ3n) is 3.62. The quantitative estimate of drug-likeness (QED) is 0.429. The van der Waals surface area contributed by atoms with Crippen LogP contribution in [-0.4, -0.2) is 35.4 Å². The molecular weight excluding hydrogens is 344 g/mol. The minimum atomic E-state index is -0.501. The maximum Gasteiger partial charge on any atom is 0.307 e. The van der Waals surface area contributed by atoms with Crippen molar-refractivity contribution < 1.29 is 19.2 Å². The van der Waals surface area contributed by atoms with Crippen molar-refractivity contribution in [2.75, 3.05) is 13.7 Å². The molecule has 0 aliphatic carbocycles. The molecule has 0 aliphatic rings. The van der Waals surface area contributed by atoms with Gasteiger partial charge in [-0.2, -0.15) is 0 Å². The smallest absolute Gasteiger partial charge is 0.307 e. The van der Waals surface area contributed by atoms with Crippen molar-refractivity contribution in [3.05, 3.63) is 61.8 Å². The summed E-state index contributed by atoms with van der Waals surface area (Å²) in [7, 11) is 1.29. The van der Waals surface area contributed by atoms with Crippen molar-refractivity contribution in [1.82, 2.24) is 4.90 Å². The maximum atomic E-state index is 12.8. The number of hydrogen-bond donors (Lipinski definition) is 0. The van der Waals surface area contributed by atoms with E-state index in [1.807, 2.05) is 30.3 Å². The minimum Gasteiger partial charge on any atom is -0.469 e. The lowest BCUT2D eigenvalue weighted by molar-refractivity contribution is -0.385. The highest BCUT2D eigenvalue weighted by Crippen LogP contribution is 2.29. The van der Waals surface area contributed by atoms with Crippen LogP contribution in [0.3, 0.4) is 0 Å². The summed E-state index contributed by atoms with van der Waals surface area (Å²) in [6, 6.07) is 10.6. The van der Waals surface area contributed by atoms with Gasteiger partial charge in [-0.15, -0.1) is 11.3 Å². The number of esters is 1. The summed E-state index contributed by atoms with van der Waals surface area (Å²) < 4.78 is 4.63. The fourth-order valence-corrected chi connectivity index (χ4v) is 3.25. The normalized spacial score (nSPS) is 10.3. The number of nitro groups is 1. The van der Waals surface area contributed by atoms with Crippen LogP contribution in [0.5, 0.6) is 0 Å². The van der Waals surface area contributed by atoms with Crippen LogP contribution in [0.15, 0.2) is 36.4 Å². The Morgan fingerprint density at radius 2 is 1.96 bits per heavy atom. The number of ether oxygens (including phenoxy) is 1. The Morgan fingerprint density at radius 1 is 1.28 bits per heavy atom. The van der Waals surface area contributed by atoms with Gasteiger partial charge in [0.05, 0.1) is 28.2 Å². The van der Waals surface area contributed by atoms with Crippen LogP contribution in [-0.2, 0) is 16.1 Å². The van der Waals surface area contributed by atoms with Crippen molar-refractivity contribution in [2.24, 2.45) is 0 Å². The molecule has 0 bridgehead atoms. The number of methoxy groups -OCH3 is 1. The molecule has 1 heterocycles. The summed E-state index contributed by atoms with van der Waals surface area (Å²) in [6.07, 6.45) is 0.0571. The molecule has 7 nitrogen and oxygen atoms in total. The van der Waals surface area contributed by atoms with Crippen LogP contribution in [0.25, 0.3) is 0 Å². The lowest BCUT2D eigenvalue weighted by Gasteiger charge is -2.21. The summed E-state index contributed by atoms with van der Waals surface area (Å²) in [5.41, 5.74) is 0.837. The van der Waals surface area contributed by atoms with E-state index in [0.717, 1.165) is 16.9 Å². The predicted octanol–water partition coefficient (Wildman–Crippen LogP) is 3.17. The van der Waals surface area contributed by atoms with Gasteiger partial charge in [0.1, 0.15) is 0 Å². The molecule has 25 heavy (non-hydrogen) atoms. The number of hydrogen-bond acceptors (Lipinski definition) is 6. The molecule has 0 unspecified atom stereocenters. The molecule has 2 aromatic rings. The van der Waals surface area contributed by atoms with Crippen LogP contribution in [0, 0.1) is 17.0 Å². The van der Waals surface area contributed by atoms with Crippen LogP contribution < -0.4 is 0 Å². The van der Waals surface area contributed by atoms with E-state index < -0.39 is 10.9 Å². The lowest BCUT2D eigenvalue weighted by atomic mass is 10.2. The number of thiophene rings is 1. The predicted molar refractivity (Wildman–Crippen MR) is 93.5 cm³/mol. The molecule has 1 amide bonds. The molecule has 0 fully saturated rings. The standard InChI is InChI=1S/C17H18N2O5S/c1-12-14(19(22)23)10-15(25-12)17(21)18(9-8-16(20)24-2)11-13-6-4-3-5-7-13/h3-7,10H,8-9,11H2,1-2H3. The van der Waals surface area contributed by atoms with Gasteiger partial charge < -0.3 is 9.64 Å². The monoisotopic (exact) mass is 362 g/mol. The number of benzene rings is 1. The first kappa shape index (κ1) is 18.6. The number of rotatable bonds is 7. The lowest BCUT2D eigenvalue weighted by Crippen LogP contribution is -2.32. The molecule has 1 aromatic heterocycles. The molecule has 0 spiro atoms. The van der Waals surface area contributed by atoms with E-state index in [0.29, 0.717) is 11.4 Å². The van der Waals surface area contributed by atoms with Crippen LogP contribution in [0.4, 0.5) is 5.69 Å². The summed E-state index contributed by atoms with van der Waals surface area (Å²) >= 11 is 1.08. The molecule has 0 N–H and O–H groups in total. The molecule has 1 aromatic carbocycles. The molecule has 8 heteroatoms. The van der Waals surface area contributed by atoms with E-state index in [1.165, 1.54) is 18.1 Å². The van der Waals surface area contributed by atoms with Crippen LogP contribution in [0.1, 0.15) is 26.5 Å². The van der Waals surface area contributed by atoms with E-state index in [1.54, 1.807) is 6.92 Å². The largest absolute Gasteiger partial charge is 0.469 e. The second-order valence-corrected chi connectivity index (χ2v) is 6.60. The summed E-state index contributed by atoms with van der Waals surface area (Å²) in [5, 5.41) is 11.0. The Bertz CT molecular complexity index is 773. The van der Waals surface area contributed by atoms with E-state index in [4.69, 9.17) is 0 Å². The first-order valence-corrected chi connectivity index (χ1v) is 8.39. The zero-order valence-electron chi connectivity index (χ0n) is 13.9. The Hall–Kier alpha value is -2.74. The third-order valence-corrected chi connectivity index (χ3v) is 4.64. The summed E-state index contributed by atoms with van der Waals surface area (Å²) in [5.74, 6) is -0.756. The van der Waals surface area contributed by atoms with Gasteiger partial charge in [0.15, 0.2) is 0 Å². The maximum absolute atomic E-state index is 12.8. The Balaban J connectivity index is 2.23. The Labute approximate surface area is 149 Å². The molecular formula is C17H18N2O5S. The zero-order valence-corrected chi connectivity index (χ0v) is 14.7. The Morgan fingerprint density at radius 3 is 2.52 bits per heavy atom. The first-order chi connectivity index (χ1) is 11.9. The SMILES string of the molecule is COC(=O)CCN(Cc1ccccc1)C(=O)c1cc([N+](=O)[O-])c(C)s1. The third kappa shape index (κ3) is 4.87. The van der Waals surface area contributed by atoms with Crippen molar-refractivity contribution in [3.8, 4) is 0 Å². The van der Waals surface area contributed by atoms with Gasteiger partial charge in [-0.05, 0) is 12.5 Å². The number of amides is 1. The van der Waals surface area contributed by atoms with E-state index in [-0.39, 0.29) is 29.4 Å². The molecule has 0 radical (unpaired) electrons. The first-order valence-electron chi connectivity index (χ1n) is 7.57. The second kappa shape index (κ2) is 8.39. The van der Waals surface area contributed by atoms with E-state index in [9.17, 15) is 19.7 Å². The average Bonchev–Trinajstić information content (AvgIpc) is 3.00. The van der Waals surface area contributed by atoms with Crippen LogP contribution in [0.2, 0.25) is 0 Å². The summed E-state index contributed by atoms with van der Waals surface area (Å²) in [4.78, 5) is 37.0. The van der Waals surface area contributed by atoms with Gasteiger partial charge in [-0.25, -0.2) is 0 Å². The van der Waals surface area contributed by atoms with Gasteiger partial charge in [-0.3, -0.25) is 19.7 Å². The second-order valence-electron chi connectivity index (χ2n) is 5.35. The molecule has 2 rings (SSSR count). The molecule has 132 valence electrons. The van der Waals surface area contributed by atoms with Gasteiger partial charge in [0.25, 0.3) is 11.6 Å². The van der Waals surface area contributed by atoms with Gasteiger partial charge in [0.2, 0.25) is 0 Å². The van der Waals surface area contributed by atoms with Crippen LogP contribution >= 0.6 is 11.3 Å². The van der Waals surface area contributed by atoms with Crippen molar-refractivity contribution in [2.45, 2.75) is 19.9 Å². The Kier molecular flexibility index (Phi) is 6.24. The average molecular weight is 362 g/mol. The molecule has 0 atom stereocenters. The van der Waals surface area contributed by atoms with Crippen molar-refractivity contribution in [1.29, 1.82) is 0 Å².